The lowest BCUT2D eigenvalue weighted by atomic mass is 9.80. The fourth-order valence-electron chi connectivity index (χ4n) is 2.43. The molecule has 0 aromatic carbocycles. The van der Waals surface area contributed by atoms with E-state index in [2.05, 4.69) is 0 Å². The second kappa shape index (κ2) is 7.90. The average Bonchev–Trinajstić information content (AvgIpc) is 2.40. The van der Waals surface area contributed by atoms with E-state index in [1.807, 2.05) is 0 Å². The van der Waals surface area contributed by atoms with E-state index in [1.54, 1.807) is 13.0 Å². The first-order chi connectivity index (χ1) is 8.69. The molecule has 18 heavy (non-hydrogen) atoms. The fraction of sp³-hybridized carbons (Fsp3) is 0.714. The molecule has 0 aromatic rings. The molecule has 0 heterocycles. The van der Waals surface area contributed by atoms with Gasteiger partial charge in [0.2, 0.25) is 0 Å². The Bertz CT molecular complexity index is 303. The number of hydrogen-bond acceptors (Lipinski definition) is 4. The van der Waals surface area contributed by atoms with Crippen molar-refractivity contribution in [2.24, 2.45) is 11.8 Å². The molecule has 0 amide bonds. The SMILES string of the molecule is CCOC(=O)/C=C\C(C(=O)OC)C1CCCCC1. The zero-order chi connectivity index (χ0) is 13.4. The second-order valence-electron chi connectivity index (χ2n) is 4.56. The van der Waals surface area contributed by atoms with Gasteiger partial charge in [0.05, 0.1) is 19.6 Å². The second-order valence-corrected chi connectivity index (χ2v) is 4.56. The van der Waals surface area contributed by atoms with Crippen molar-refractivity contribution >= 4 is 11.9 Å². The van der Waals surface area contributed by atoms with E-state index >= 15 is 0 Å². The van der Waals surface area contributed by atoms with Crippen LogP contribution in [0, 0.1) is 11.8 Å². The third-order valence-corrected chi connectivity index (χ3v) is 3.36. The van der Waals surface area contributed by atoms with Gasteiger partial charge in [-0.25, -0.2) is 4.79 Å². The summed E-state index contributed by atoms with van der Waals surface area (Å²) in [6.07, 6.45) is 8.54. The number of hydrogen-bond donors (Lipinski definition) is 0. The highest BCUT2D eigenvalue weighted by atomic mass is 16.5. The summed E-state index contributed by atoms with van der Waals surface area (Å²) in [7, 11) is 1.39. The largest absolute Gasteiger partial charge is 0.469 e. The fourth-order valence-corrected chi connectivity index (χ4v) is 2.43. The van der Waals surface area contributed by atoms with E-state index in [1.165, 1.54) is 19.6 Å². The molecule has 0 N–H and O–H groups in total. The van der Waals surface area contributed by atoms with E-state index in [-0.39, 0.29) is 17.8 Å². The first kappa shape index (κ1) is 14.7. The summed E-state index contributed by atoms with van der Waals surface area (Å²) in [5, 5.41) is 0. The molecule has 4 nitrogen and oxygen atoms in total. The monoisotopic (exact) mass is 254 g/mol. The van der Waals surface area contributed by atoms with Crippen molar-refractivity contribution < 1.29 is 19.1 Å². The third-order valence-electron chi connectivity index (χ3n) is 3.36. The Kier molecular flexibility index (Phi) is 6.47. The molecule has 1 rings (SSSR count). The highest BCUT2D eigenvalue weighted by Crippen LogP contribution is 2.31. The molecule has 0 aliphatic heterocycles. The summed E-state index contributed by atoms with van der Waals surface area (Å²) in [6.45, 7) is 2.10. The van der Waals surface area contributed by atoms with E-state index < -0.39 is 5.97 Å². The number of methoxy groups -OCH3 is 1. The average molecular weight is 254 g/mol. The first-order valence-electron chi connectivity index (χ1n) is 6.61. The van der Waals surface area contributed by atoms with Crippen LogP contribution >= 0.6 is 0 Å². The molecule has 0 radical (unpaired) electrons. The van der Waals surface area contributed by atoms with Crippen molar-refractivity contribution in [2.45, 2.75) is 39.0 Å². The maximum atomic E-state index is 11.8. The van der Waals surface area contributed by atoms with Gasteiger partial charge < -0.3 is 9.47 Å². The number of carbonyl (C=O) groups is 2. The summed E-state index contributed by atoms with van der Waals surface area (Å²) in [5.74, 6) is -0.693. The number of ether oxygens (including phenoxy) is 2. The van der Waals surface area contributed by atoms with Crippen LogP contribution in [0.25, 0.3) is 0 Å². The maximum absolute atomic E-state index is 11.8. The van der Waals surface area contributed by atoms with Gasteiger partial charge in [0.25, 0.3) is 0 Å². The number of esters is 2. The summed E-state index contributed by atoms with van der Waals surface area (Å²) < 4.78 is 9.63. The normalized spacial score (nSPS) is 18.6. The van der Waals surface area contributed by atoms with Gasteiger partial charge in [-0.1, -0.05) is 25.3 Å². The van der Waals surface area contributed by atoms with Crippen LogP contribution in [-0.4, -0.2) is 25.7 Å². The molecular formula is C14H22O4. The van der Waals surface area contributed by atoms with Gasteiger partial charge in [0.15, 0.2) is 0 Å². The summed E-state index contributed by atoms with van der Waals surface area (Å²) in [5.41, 5.74) is 0. The highest BCUT2D eigenvalue weighted by Gasteiger charge is 2.28. The van der Waals surface area contributed by atoms with Crippen molar-refractivity contribution in [3.8, 4) is 0 Å². The minimum atomic E-state index is -0.401. The molecule has 4 heteroatoms. The van der Waals surface area contributed by atoms with Crippen LogP contribution in [0.2, 0.25) is 0 Å². The van der Waals surface area contributed by atoms with Crippen LogP contribution in [0.3, 0.4) is 0 Å². The summed E-state index contributed by atoms with van der Waals surface area (Å²) in [4.78, 5) is 23.0. The molecule has 102 valence electrons. The zero-order valence-electron chi connectivity index (χ0n) is 11.2. The van der Waals surface area contributed by atoms with Crippen LogP contribution in [0.1, 0.15) is 39.0 Å². The smallest absolute Gasteiger partial charge is 0.330 e. The number of carbonyl (C=O) groups excluding carboxylic acids is 2. The molecule has 1 aliphatic rings. The lowest BCUT2D eigenvalue weighted by molar-refractivity contribution is -0.145. The highest BCUT2D eigenvalue weighted by molar-refractivity contribution is 5.84. The van der Waals surface area contributed by atoms with E-state index in [0.717, 1.165) is 25.7 Å². The van der Waals surface area contributed by atoms with Crippen LogP contribution in [-0.2, 0) is 19.1 Å². The minimum Gasteiger partial charge on any atom is -0.469 e. The lowest BCUT2D eigenvalue weighted by Crippen LogP contribution is -2.25. The Morgan fingerprint density at radius 3 is 2.50 bits per heavy atom. The molecule has 0 bridgehead atoms. The molecule has 0 spiro atoms. The Balaban J connectivity index is 2.65. The summed E-state index contributed by atoms with van der Waals surface area (Å²) >= 11 is 0. The Hall–Kier alpha value is -1.32. The van der Waals surface area contributed by atoms with Crippen molar-refractivity contribution in [1.29, 1.82) is 0 Å². The van der Waals surface area contributed by atoms with Gasteiger partial charge in [0, 0.05) is 6.08 Å². The number of rotatable bonds is 5. The Morgan fingerprint density at radius 1 is 1.28 bits per heavy atom. The molecule has 1 saturated carbocycles. The van der Waals surface area contributed by atoms with Crippen LogP contribution in [0.5, 0.6) is 0 Å². The maximum Gasteiger partial charge on any atom is 0.330 e. The van der Waals surface area contributed by atoms with E-state index in [9.17, 15) is 9.59 Å². The van der Waals surface area contributed by atoms with Gasteiger partial charge in [-0.2, -0.15) is 0 Å². The quantitative estimate of drug-likeness (QED) is 0.558. The molecule has 1 unspecified atom stereocenters. The lowest BCUT2D eigenvalue weighted by Gasteiger charge is -2.26. The van der Waals surface area contributed by atoms with Crippen LogP contribution < -0.4 is 0 Å². The molecule has 0 aromatic heterocycles. The predicted octanol–water partition coefficient (Wildman–Crippen LogP) is 2.48. The summed E-state index contributed by atoms with van der Waals surface area (Å²) in [6, 6.07) is 0. The van der Waals surface area contributed by atoms with Crippen LogP contribution in [0.4, 0.5) is 0 Å². The van der Waals surface area contributed by atoms with Crippen molar-refractivity contribution in [1.82, 2.24) is 0 Å². The molecule has 1 atom stereocenters. The van der Waals surface area contributed by atoms with E-state index in [4.69, 9.17) is 9.47 Å². The van der Waals surface area contributed by atoms with Crippen LogP contribution in [0.15, 0.2) is 12.2 Å². The molecular weight excluding hydrogens is 232 g/mol. The van der Waals surface area contributed by atoms with E-state index in [0.29, 0.717) is 6.61 Å². The van der Waals surface area contributed by atoms with Gasteiger partial charge in [-0.05, 0) is 25.7 Å². The van der Waals surface area contributed by atoms with Gasteiger partial charge in [0.1, 0.15) is 0 Å². The van der Waals surface area contributed by atoms with Crippen molar-refractivity contribution in [3.63, 3.8) is 0 Å². The van der Waals surface area contributed by atoms with Crippen molar-refractivity contribution in [2.75, 3.05) is 13.7 Å². The first-order valence-corrected chi connectivity index (χ1v) is 6.61. The molecule has 1 aliphatic carbocycles. The predicted molar refractivity (Wildman–Crippen MR) is 67.9 cm³/mol. The molecule has 0 saturated heterocycles. The van der Waals surface area contributed by atoms with Gasteiger partial charge in [-0.3, -0.25) is 4.79 Å². The molecule has 1 fully saturated rings. The topological polar surface area (TPSA) is 52.6 Å². The van der Waals surface area contributed by atoms with Crippen molar-refractivity contribution in [3.05, 3.63) is 12.2 Å². The Labute approximate surface area is 108 Å². The Morgan fingerprint density at radius 2 is 1.94 bits per heavy atom. The standard InChI is InChI=1S/C14H22O4/c1-3-18-13(15)10-9-12(14(16)17-2)11-7-5-4-6-8-11/h9-12H,3-8H2,1-2H3/b10-9-. The third kappa shape index (κ3) is 4.51. The minimum absolute atomic E-state index is 0.262. The zero-order valence-corrected chi connectivity index (χ0v) is 11.2. The van der Waals surface area contributed by atoms with Gasteiger partial charge >= 0.3 is 11.9 Å². The van der Waals surface area contributed by atoms with Gasteiger partial charge in [-0.15, -0.1) is 0 Å².